The third-order valence-electron chi connectivity index (χ3n) is 1.71. The van der Waals surface area contributed by atoms with E-state index in [1.54, 1.807) is 0 Å². The van der Waals surface area contributed by atoms with Crippen LogP contribution in [0.3, 0.4) is 0 Å². The number of rotatable bonds is 3. The van der Waals surface area contributed by atoms with Crippen molar-refractivity contribution in [2.45, 2.75) is 6.18 Å². The fourth-order valence-electron chi connectivity index (χ4n) is 1.03. The minimum absolute atomic E-state index is 0.191. The second-order valence-corrected chi connectivity index (χ2v) is 2.99. The molecule has 0 bridgehead atoms. The third-order valence-corrected chi connectivity index (χ3v) is 1.71. The highest BCUT2D eigenvalue weighted by Crippen LogP contribution is 2.29. The molecule has 0 N–H and O–H groups in total. The van der Waals surface area contributed by atoms with Crippen molar-refractivity contribution in [2.24, 2.45) is 0 Å². The molecule has 0 saturated carbocycles. The van der Waals surface area contributed by atoms with Crippen molar-refractivity contribution in [2.75, 3.05) is 6.61 Å². The van der Waals surface area contributed by atoms with E-state index >= 15 is 0 Å². The summed E-state index contributed by atoms with van der Waals surface area (Å²) >= 11 is 0. The molecule has 0 saturated heterocycles. The lowest BCUT2D eigenvalue weighted by Gasteiger charge is -2.09. The number of hydrogen-bond acceptors (Lipinski definition) is 3. The molecule has 0 aliphatic carbocycles. The summed E-state index contributed by atoms with van der Waals surface area (Å²) in [5, 5.41) is 10.6. The molecule has 0 aliphatic rings. The number of alkyl halides is 3. The summed E-state index contributed by atoms with van der Waals surface area (Å²) in [6.07, 6.45) is 0.462. The smallest absolute Gasteiger partial charge is 0.422 e. The Morgan fingerprint density at radius 1 is 1.47 bits per heavy atom. The number of nitro groups is 1. The van der Waals surface area contributed by atoms with Crippen LogP contribution in [0, 0.1) is 22.5 Å². The molecule has 17 heavy (non-hydrogen) atoms. The average Bonchev–Trinajstić information content (AvgIpc) is 2.25. The van der Waals surface area contributed by atoms with E-state index in [1.807, 2.05) is 0 Å². The van der Waals surface area contributed by atoms with E-state index in [-0.39, 0.29) is 5.56 Å². The van der Waals surface area contributed by atoms with E-state index in [0.29, 0.717) is 0 Å². The third kappa shape index (κ3) is 3.68. The first-order chi connectivity index (χ1) is 7.83. The van der Waals surface area contributed by atoms with Gasteiger partial charge >= 0.3 is 11.9 Å². The van der Waals surface area contributed by atoms with Crippen LogP contribution >= 0.6 is 0 Å². The number of nitro benzene ring substituents is 1. The van der Waals surface area contributed by atoms with Crippen LogP contribution in [0.15, 0.2) is 18.2 Å². The highest BCUT2D eigenvalue weighted by molar-refractivity contribution is 5.52. The molecular formula is C10H6F3NO3. The van der Waals surface area contributed by atoms with E-state index in [9.17, 15) is 23.3 Å². The zero-order valence-corrected chi connectivity index (χ0v) is 8.32. The summed E-state index contributed by atoms with van der Waals surface area (Å²) in [5.41, 5.74) is -0.402. The highest BCUT2D eigenvalue weighted by Gasteiger charge is 2.30. The van der Waals surface area contributed by atoms with Gasteiger partial charge < -0.3 is 4.74 Å². The summed E-state index contributed by atoms with van der Waals surface area (Å²) in [4.78, 5) is 9.74. The second kappa shape index (κ2) is 4.74. The van der Waals surface area contributed by atoms with Crippen LogP contribution in [0.1, 0.15) is 5.56 Å². The average molecular weight is 245 g/mol. The Morgan fingerprint density at radius 2 is 2.12 bits per heavy atom. The standard InChI is InChI=1S/C10H6F3NO3/c1-2-7-3-4-9(8(5-7)14(15)16)17-6-10(11,12)13/h1,3-5H,6H2. The monoisotopic (exact) mass is 245 g/mol. The fraction of sp³-hybridized carbons (Fsp3) is 0.200. The van der Waals surface area contributed by atoms with Gasteiger partial charge in [-0.2, -0.15) is 13.2 Å². The number of hydrogen-bond donors (Lipinski definition) is 0. The summed E-state index contributed by atoms with van der Waals surface area (Å²) < 4.78 is 40.0. The molecule has 0 aromatic heterocycles. The molecule has 1 aromatic rings. The lowest BCUT2D eigenvalue weighted by molar-refractivity contribution is -0.386. The van der Waals surface area contributed by atoms with E-state index in [2.05, 4.69) is 10.7 Å². The van der Waals surface area contributed by atoms with Gasteiger partial charge in [0.05, 0.1) is 4.92 Å². The van der Waals surface area contributed by atoms with E-state index in [0.717, 1.165) is 12.1 Å². The van der Waals surface area contributed by atoms with Gasteiger partial charge in [-0.05, 0) is 12.1 Å². The predicted octanol–water partition coefficient (Wildman–Crippen LogP) is 2.52. The van der Waals surface area contributed by atoms with Gasteiger partial charge in [-0.1, -0.05) is 5.92 Å². The Balaban J connectivity index is 3.00. The molecule has 0 spiro atoms. The zero-order chi connectivity index (χ0) is 13.1. The van der Waals surface area contributed by atoms with Crippen LogP contribution < -0.4 is 4.74 Å². The Bertz CT molecular complexity index is 477. The SMILES string of the molecule is C#Cc1ccc(OCC(F)(F)F)c([N+](=O)[O-])c1. The first-order valence-electron chi connectivity index (χ1n) is 4.28. The first-order valence-corrected chi connectivity index (χ1v) is 4.28. The lowest BCUT2D eigenvalue weighted by Crippen LogP contribution is -2.19. The molecule has 90 valence electrons. The molecule has 0 unspecified atom stereocenters. The second-order valence-electron chi connectivity index (χ2n) is 2.99. The maximum absolute atomic E-state index is 11.9. The van der Waals surface area contributed by atoms with Crippen molar-refractivity contribution >= 4 is 5.69 Å². The number of nitrogens with zero attached hydrogens (tertiary/aromatic N) is 1. The zero-order valence-electron chi connectivity index (χ0n) is 8.32. The molecule has 1 aromatic carbocycles. The molecule has 1 rings (SSSR count). The molecule has 7 heteroatoms. The minimum atomic E-state index is -4.56. The molecule has 4 nitrogen and oxygen atoms in total. The molecular weight excluding hydrogens is 239 g/mol. The molecule has 0 amide bonds. The molecule has 0 fully saturated rings. The predicted molar refractivity (Wildman–Crippen MR) is 52.6 cm³/mol. The van der Waals surface area contributed by atoms with Crippen molar-refractivity contribution < 1.29 is 22.8 Å². The Hall–Kier alpha value is -2.23. The van der Waals surface area contributed by atoms with Crippen molar-refractivity contribution in [3.63, 3.8) is 0 Å². The highest BCUT2D eigenvalue weighted by atomic mass is 19.4. The van der Waals surface area contributed by atoms with Crippen LogP contribution in [-0.4, -0.2) is 17.7 Å². The molecule has 0 atom stereocenters. The van der Waals surface area contributed by atoms with Crippen molar-refractivity contribution in [1.29, 1.82) is 0 Å². The van der Waals surface area contributed by atoms with Gasteiger partial charge in [0.15, 0.2) is 12.4 Å². The van der Waals surface area contributed by atoms with Gasteiger partial charge in [0.25, 0.3) is 0 Å². The summed E-state index contributed by atoms with van der Waals surface area (Å²) in [5.74, 6) is 1.67. The Kier molecular flexibility index (Phi) is 3.58. The van der Waals surface area contributed by atoms with Gasteiger partial charge in [-0.15, -0.1) is 6.42 Å². The van der Waals surface area contributed by atoms with Crippen molar-refractivity contribution in [3.8, 4) is 18.1 Å². The van der Waals surface area contributed by atoms with Gasteiger partial charge in [0, 0.05) is 11.6 Å². The maximum atomic E-state index is 11.9. The number of terminal acetylenes is 1. The van der Waals surface area contributed by atoms with Crippen molar-refractivity contribution in [3.05, 3.63) is 33.9 Å². The van der Waals surface area contributed by atoms with Gasteiger partial charge in [-0.3, -0.25) is 10.1 Å². The molecule has 0 aliphatic heterocycles. The lowest BCUT2D eigenvalue weighted by atomic mass is 10.2. The first kappa shape index (κ1) is 12.8. The Labute approximate surface area is 94.2 Å². The minimum Gasteiger partial charge on any atom is -0.477 e. The largest absolute Gasteiger partial charge is 0.477 e. The molecule has 0 heterocycles. The van der Waals surface area contributed by atoms with Crippen molar-refractivity contribution in [1.82, 2.24) is 0 Å². The quantitative estimate of drug-likeness (QED) is 0.467. The number of halogens is 3. The summed E-state index contributed by atoms with van der Waals surface area (Å²) in [6.45, 7) is -1.59. The van der Waals surface area contributed by atoms with Crippen LogP contribution in [0.25, 0.3) is 0 Å². The van der Waals surface area contributed by atoms with E-state index in [1.165, 1.54) is 6.07 Å². The van der Waals surface area contributed by atoms with Crippen LogP contribution in [-0.2, 0) is 0 Å². The van der Waals surface area contributed by atoms with E-state index in [4.69, 9.17) is 6.42 Å². The maximum Gasteiger partial charge on any atom is 0.422 e. The Morgan fingerprint density at radius 3 is 2.59 bits per heavy atom. The topological polar surface area (TPSA) is 52.4 Å². The van der Waals surface area contributed by atoms with Crippen LogP contribution in [0.4, 0.5) is 18.9 Å². The van der Waals surface area contributed by atoms with Gasteiger partial charge in [0.1, 0.15) is 0 Å². The number of ether oxygens (including phenoxy) is 1. The number of benzene rings is 1. The fourth-order valence-corrected chi connectivity index (χ4v) is 1.03. The summed E-state index contributed by atoms with van der Waals surface area (Å²) in [6, 6.07) is 3.28. The normalized spacial score (nSPS) is 10.7. The van der Waals surface area contributed by atoms with Gasteiger partial charge in [-0.25, -0.2) is 0 Å². The summed E-state index contributed by atoms with van der Waals surface area (Å²) in [7, 11) is 0. The molecule has 0 radical (unpaired) electrons. The van der Waals surface area contributed by atoms with Crippen LogP contribution in [0.5, 0.6) is 5.75 Å². The van der Waals surface area contributed by atoms with Crippen LogP contribution in [0.2, 0.25) is 0 Å². The van der Waals surface area contributed by atoms with Gasteiger partial charge in [0.2, 0.25) is 0 Å². The van der Waals surface area contributed by atoms with E-state index < -0.39 is 29.1 Å².